The number of hydrogen-bond acceptors (Lipinski definition) is 3. The van der Waals surface area contributed by atoms with E-state index in [0.29, 0.717) is 0 Å². The summed E-state index contributed by atoms with van der Waals surface area (Å²) in [6.07, 6.45) is 3.54. The van der Waals surface area contributed by atoms with Crippen molar-refractivity contribution in [3.05, 3.63) is 30.0 Å². The zero-order chi connectivity index (χ0) is 9.26. The molecule has 0 fully saturated rings. The SMILES string of the molecule is CNCc1nc2ccncn2c1C. The maximum Gasteiger partial charge on any atom is 0.140 e. The molecule has 0 radical (unpaired) electrons. The van der Waals surface area contributed by atoms with Gasteiger partial charge in [0, 0.05) is 18.4 Å². The summed E-state index contributed by atoms with van der Waals surface area (Å²) in [6, 6.07) is 1.91. The van der Waals surface area contributed by atoms with Crippen molar-refractivity contribution in [1.29, 1.82) is 0 Å². The van der Waals surface area contributed by atoms with E-state index in [2.05, 4.69) is 15.3 Å². The van der Waals surface area contributed by atoms with Gasteiger partial charge in [0.05, 0.1) is 5.69 Å². The lowest BCUT2D eigenvalue weighted by molar-refractivity contribution is 0.790. The Morgan fingerprint density at radius 1 is 1.54 bits per heavy atom. The standard InChI is InChI=1S/C9H12N4/c1-7-8(5-10-2)12-9-3-4-11-6-13(7)9/h3-4,6,10H,5H2,1-2H3. The Morgan fingerprint density at radius 3 is 3.08 bits per heavy atom. The van der Waals surface area contributed by atoms with E-state index in [1.165, 1.54) is 0 Å². The number of imidazole rings is 1. The van der Waals surface area contributed by atoms with Gasteiger partial charge in [0.1, 0.15) is 12.0 Å². The monoisotopic (exact) mass is 176 g/mol. The number of nitrogens with zero attached hydrogens (tertiary/aromatic N) is 3. The molecule has 0 spiro atoms. The van der Waals surface area contributed by atoms with E-state index in [-0.39, 0.29) is 0 Å². The highest BCUT2D eigenvalue weighted by atomic mass is 15.1. The smallest absolute Gasteiger partial charge is 0.140 e. The van der Waals surface area contributed by atoms with Gasteiger partial charge in [-0.2, -0.15) is 0 Å². The Morgan fingerprint density at radius 2 is 2.38 bits per heavy atom. The number of fused-ring (bicyclic) bond motifs is 1. The maximum atomic E-state index is 4.46. The molecule has 2 rings (SSSR count). The van der Waals surface area contributed by atoms with Crippen molar-refractivity contribution in [3.63, 3.8) is 0 Å². The average molecular weight is 176 g/mol. The van der Waals surface area contributed by atoms with E-state index in [1.54, 1.807) is 12.5 Å². The summed E-state index contributed by atoms with van der Waals surface area (Å²) in [5.41, 5.74) is 3.19. The molecule has 1 N–H and O–H groups in total. The normalized spacial score (nSPS) is 10.9. The summed E-state index contributed by atoms with van der Waals surface area (Å²) < 4.78 is 1.99. The number of hydrogen-bond donors (Lipinski definition) is 1. The third-order valence-corrected chi connectivity index (χ3v) is 2.11. The van der Waals surface area contributed by atoms with Crippen LogP contribution in [0.2, 0.25) is 0 Å². The number of nitrogens with one attached hydrogen (secondary N) is 1. The van der Waals surface area contributed by atoms with Crippen LogP contribution in [0.1, 0.15) is 11.4 Å². The Bertz CT molecular complexity index is 418. The molecule has 0 atom stereocenters. The Balaban J connectivity index is 2.60. The van der Waals surface area contributed by atoms with E-state index >= 15 is 0 Å². The van der Waals surface area contributed by atoms with Gasteiger partial charge in [-0.1, -0.05) is 0 Å². The predicted octanol–water partition coefficient (Wildman–Crippen LogP) is 0.757. The first-order valence-electron chi connectivity index (χ1n) is 4.25. The summed E-state index contributed by atoms with van der Waals surface area (Å²) in [5.74, 6) is 0. The fraction of sp³-hybridized carbons (Fsp3) is 0.333. The first-order valence-corrected chi connectivity index (χ1v) is 4.25. The molecular formula is C9H12N4. The number of aromatic nitrogens is 3. The van der Waals surface area contributed by atoms with Crippen molar-refractivity contribution in [3.8, 4) is 0 Å². The maximum absolute atomic E-state index is 4.46. The van der Waals surface area contributed by atoms with Gasteiger partial charge in [0.15, 0.2) is 0 Å². The van der Waals surface area contributed by atoms with Crippen LogP contribution in [0.25, 0.3) is 5.65 Å². The highest BCUT2D eigenvalue weighted by Gasteiger charge is 2.05. The largest absolute Gasteiger partial charge is 0.314 e. The minimum atomic E-state index is 0.799. The second-order valence-electron chi connectivity index (χ2n) is 2.98. The summed E-state index contributed by atoms with van der Waals surface area (Å²) >= 11 is 0. The molecule has 2 aromatic rings. The second-order valence-corrected chi connectivity index (χ2v) is 2.98. The zero-order valence-corrected chi connectivity index (χ0v) is 7.78. The molecular weight excluding hydrogens is 164 g/mol. The summed E-state index contributed by atoms with van der Waals surface area (Å²) in [7, 11) is 1.92. The van der Waals surface area contributed by atoms with Crippen LogP contribution >= 0.6 is 0 Å². The molecule has 4 heteroatoms. The molecule has 0 saturated carbocycles. The van der Waals surface area contributed by atoms with Crippen molar-refractivity contribution < 1.29 is 0 Å². The quantitative estimate of drug-likeness (QED) is 0.734. The van der Waals surface area contributed by atoms with Crippen molar-refractivity contribution in [2.24, 2.45) is 0 Å². The molecule has 2 heterocycles. The molecule has 0 saturated heterocycles. The third-order valence-electron chi connectivity index (χ3n) is 2.11. The molecule has 2 aromatic heterocycles. The molecule has 0 aromatic carbocycles. The predicted molar refractivity (Wildman–Crippen MR) is 50.5 cm³/mol. The van der Waals surface area contributed by atoms with E-state index in [4.69, 9.17) is 0 Å². The Labute approximate surface area is 76.6 Å². The highest BCUT2D eigenvalue weighted by Crippen LogP contribution is 2.09. The minimum Gasteiger partial charge on any atom is -0.314 e. The van der Waals surface area contributed by atoms with E-state index in [9.17, 15) is 0 Å². The Kier molecular flexibility index (Phi) is 1.98. The highest BCUT2D eigenvalue weighted by molar-refractivity contribution is 5.41. The van der Waals surface area contributed by atoms with Crippen LogP contribution in [0.15, 0.2) is 18.6 Å². The number of aryl methyl sites for hydroxylation is 1. The fourth-order valence-electron chi connectivity index (χ4n) is 1.40. The molecule has 4 nitrogen and oxygen atoms in total. The minimum absolute atomic E-state index is 0.799. The van der Waals surface area contributed by atoms with Crippen molar-refractivity contribution in [2.75, 3.05) is 7.05 Å². The van der Waals surface area contributed by atoms with E-state index in [0.717, 1.165) is 23.6 Å². The second kappa shape index (κ2) is 3.14. The molecule has 0 unspecified atom stereocenters. The molecule has 13 heavy (non-hydrogen) atoms. The van der Waals surface area contributed by atoms with Gasteiger partial charge in [0.25, 0.3) is 0 Å². The van der Waals surface area contributed by atoms with Crippen molar-refractivity contribution >= 4 is 5.65 Å². The summed E-state index contributed by atoms with van der Waals surface area (Å²) in [6.45, 7) is 2.85. The molecule has 0 amide bonds. The molecule has 0 aliphatic rings. The van der Waals surface area contributed by atoms with Gasteiger partial charge >= 0.3 is 0 Å². The van der Waals surface area contributed by atoms with Crippen LogP contribution in [-0.4, -0.2) is 21.4 Å². The lowest BCUT2D eigenvalue weighted by Crippen LogP contribution is -2.06. The van der Waals surface area contributed by atoms with Crippen LogP contribution in [0.5, 0.6) is 0 Å². The molecule has 68 valence electrons. The van der Waals surface area contributed by atoms with Gasteiger partial charge in [0.2, 0.25) is 0 Å². The van der Waals surface area contributed by atoms with Crippen molar-refractivity contribution in [1.82, 2.24) is 19.7 Å². The van der Waals surface area contributed by atoms with Gasteiger partial charge in [-0.15, -0.1) is 0 Å². The van der Waals surface area contributed by atoms with E-state index < -0.39 is 0 Å². The molecule has 0 bridgehead atoms. The van der Waals surface area contributed by atoms with Gasteiger partial charge < -0.3 is 5.32 Å². The van der Waals surface area contributed by atoms with Crippen LogP contribution in [0.4, 0.5) is 0 Å². The zero-order valence-electron chi connectivity index (χ0n) is 7.78. The van der Waals surface area contributed by atoms with Crippen molar-refractivity contribution in [2.45, 2.75) is 13.5 Å². The lowest BCUT2D eigenvalue weighted by Gasteiger charge is -1.96. The first-order chi connectivity index (χ1) is 6.33. The van der Waals surface area contributed by atoms with Gasteiger partial charge in [-0.3, -0.25) is 4.40 Å². The molecule has 0 aliphatic carbocycles. The van der Waals surface area contributed by atoms with Gasteiger partial charge in [-0.25, -0.2) is 9.97 Å². The first kappa shape index (κ1) is 8.19. The fourth-order valence-corrected chi connectivity index (χ4v) is 1.40. The van der Waals surface area contributed by atoms with Crippen LogP contribution in [-0.2, 0) is 6.54 Å². The molecule has 0 aliphatic heterocycles. The third kappa shape index (κ3) is 1.29. The summed E-state index contributed by atoms with van der Waals surface area (Å²) in [4.78, 5) is 8.51. The number of rotatable bonds is 2. The lowest BCUT2D eigenvalue weighted by atomic mass is 10.3. The van der Waals surface area contributed by atoms with Crippen LogP contribution in [0, 0.1) is 6.92 Å². The van der Waals surface area contributed by atoms with Crippen LogP contribution < -0.4 is 5.32 Å². The summed E-state index contributed by atoms with van der Waals surface area (Å²) in [5, 5.41) is 3.09. The van der Waals surface area contributed by atoms with Crippen LogP contribution in [0.3, 0.4) is 0 Å². The van der Waals surface area contributed by atoms with E-state index in [1.807, 2.05) is 24.4 Å². The van der Waals surface area contributed by atoms with Gasteiger partial charge in [-0.05, 0) is 20.0 Å². The topological polar surface area (TPSA) is 42.2 Å². The average Bonchev–Trinajstić information content (AvgIpc) is 2.46. The Hall–Kier alpha value is -1.42.